The van der Waals surface area contributed by atoms with Gasteiger partial charge in [-0.3, -0.25) is 9.59 Å². The van der Waals surface area contributed by atoms with Crippen molar-refractivity contribution in [2.45, 2.75) is 36.6 Å². The van der Waals surface area contributed by atoms with E-state index in [4.69, 9.17) is 0 Å². The van der Waals surface area contributed by atoms with Crippen LogP contribution >= 0.6 is 0 Å². The smallest absolute Gasteiger partial charge is 0.267 e. The minimum absolute atomic E-state index is 0.110. The maximum absolute atomic E-state index is 13.0. The first kappa shape index (κ1) is 16.2. The highest BCUT2D eigenvalue weighted by molar-refractivity contribution is 7.89. The van der Waals surface area contributed by atoms with Crippen LogP contribution < -0.4 is 5.32 Å². The van der Waals surface area contributed by atoms with Crippen LogP contribution in [0.5, 0.6) is 0 Å². The average molecular weight is 339 g/mol. The number of aryl methyl sites for hydroxylation is 1. The standard InChI is InChI=1S/C15H21N3O4S/c1-16-15(20)13-8-10(9-17(13)2)23(21,22)18-7-6-14(19)11-4-3-5-12(11)18/h8-9,11-12H,3-7H2,1-2H3,(H,16,20)/t11-,12+/m1/s1. The summed E-state index contributed by atoms with van der Waals surface area (Å²) in [6.07, 6.45) is 4.11. The Morgan fingerprint density at radius 1 is 1.35 bits per heavy atom. The van der Waals surface area contributed by atoms with Crippen molar-refractivity contribution < 1.29 is 18.0 Å². The fourth-order valence-electron chi connectivity index (χ4n) is 3.70. The van der Waals surface area contributed by atoms with Crippen LogP contribution in [0.15, 0.2) is 17.2 Å². The lowest BCUT2D eigenvalue weighted by Crippen LogP contribution is -2.49. The summed E-state index contributed by atoms with van der Waals surface area (Å²) >= 11 is 0. The summed E-state index contributed by atoms with van der Waals surface area (Å²) in [6.45, 7) is 0.229. The number of hydrogen-bond acceptors (Lipinski definition) is 4. The van der Waals surface area contributed by atoms with Gasteiger partial charge < -0.3 is 9.88 Å². The molecule has 23 heavy (non-hydrogen) atoms. The van der Waals surface area contributed by atoms with Crippen molar-refractivity contribution in [1.29, 1.82) is 0 Å². The summed E-state index contributed by atoms with van der Waals surface area (Å²) in [5, 5.41) is 2.50. The second kappa shape index (κ2) is 5.76. The number of sulfonamides is 1. The number of carbonyl (C=O) groups excluding carboxylic acids is 2. The number of rotatable bonds is 3. The maximum atomic E-state index is 13.0. The van der Waals surface area contributed by atoms with E-state index in [0.29, 0.717) is 5.69 Å². The number of amides is 1. The lowest BCUT2D eigenvalue weighted by atomic mass is 9.92. The molecule has 1 aromatic heterocycles. The zero-order valence-corrected chi connectivity index (χ0v) is 14.1. The largest absolute Gasteiger partial charge is 0.354 e. The number of carbonyl (C=O) groups is 2. The highest BCUT2D eigenvalue weighted by Crippen LogP contribution is 2.37. The van der Waals surface area contributed by atoms with Crippen molar-refractivity contribution in [2.75, 3.05) is 13.6 Å². The number of fused-ring (bicyclic) bond motifs is 1. The summed E-state index contributed by atoms with van der Waals surface area (Å²) in [5.41, 5.74) is 0.294. The Morgan fingerprint density at radius 3 is 2.78 bits per heavy atom. The molecule has 2 atom stereocenters. The molecule has 1 aromatic rings. The minimum Gasteiger partial charge on any atom is -0.354 e. The summed E-state index contributed by atoms with van der Waals surface area (Å²) in [4.78, 5) is 23.9. The van der Waals surface area contributed by atoms with Crippen LogP contribution in [0.3, 0.4) is 0 Å². The second-order valence-electron chi connectivity index (χ2n) is 6.19. The van der Waals surface area contributed by atoms with Crippen LogP contribution in [0.4, 0.5) is 0 Å². The van der Waals surface area contributed by atoms with E-state index < -0.39 is 10.0 Å². The van der Waals surface area contributed by atoms with Gasteiger partial charge in [-0.15, -0.1) is 0 Å². The number of Topliss-reactive ketones (excluding diaryl/α,β-unsaturated/α-hetero) is 1. The maximum Gasteiger partial charge on any atom is 0.267 e. The summed E-state index contributed by atoms with van der Waals surface area (Å²) in [6, 6.07) is 1.17. The molecule has 1 aliphatic heterocycles. The van der Waals surface area contributed by atoms with Gasteiger partial charge in [0.2, 0.25) is 10.0 Å². The van der Waals surface area contributed by atoms with E-state index in [1.807, 2.05) is 0 Å². The van der Waals surface area contributed by atoms with E-state index in [1.54, 1.807) is 7.05 Å². The Bertz CT molecular complexity index is 753. The van der Waals surface area contributed by atoms with Crippen molar-refractivity contribution in [1.82, 2.24) is 14.2 Å². The summed E-state index contributed by atoms with van der Waals surface area (Å²) < 4.78 is 28.9. The average Bonchev–Trinajstić information content (AvgIpc) is 3.14. The molecule has 1 saturated heterocycles. The van der Waals surface area contributed by atoms with Gasteiger partial charge in [0, 0.05) is 45.2 Å². The van der Waals surface area contributed by atoms with Crippen molar-refractivity contribution in [3.8, 4) is 0 Å². The van der Waals surface area contributed by atoms with Gasteiger partial charge in [0.25, 0.3) is 5.91 Å². The van der Waals surface area contributed by atoms with Crippen molar-refractivity contribution in [3.63, 3.8) is 0 Å². The van der Waals surface area contributed by atoms with Crippen LogP contribution in [-0.2, 0) is 21.9 Å². The van der Waals surface area contributed by atoms with Gasteiger partial charge in [-0.1, -0.05) is 6.42 Å². The number of aromatic nitrogens is 1. The lowest BCUT2D eigenvalue weighted by molar-refractivity contribution is -0.126. The Labute approximate surface area is 135 Å². The predicted octanol–water partition coefficient (Wildman–Crippen LogP) is 0.517. The van der Waals surface area contributed by atoms with Gasteiger partial charge in [-0.2, -0.15) is 4.31 Å². The number of hydrogen-bond donors (Lipinski definition) is 1. The Morgan fingerprint density at radius 2 is 2.09 bits per heavy atom. The van der Waals surface area contributed by atoms with Crippen molar-refractivity contribution >= 4 is 21.7 Å². The molecular formula is C15H21N3O4S. The van der Waals surface area contributed by atoms with E-state index in [2.05, 4.69) is 5.32 Å². The molecule has 0 spiro atoms. The molecule has 1 amide bonds. The van der Waals surface area contributed by atoms with Gasteiger partial charge >= 0.3 is 0 Å². The molecule has 2 heterocycles. The first-order valence-electron chi connectivity index (χ1n) is 7.79. The quantitative estimate of drug-likeness (QED) is 0.869. The first-order valence-corrected chi connectivity index (χ1v) is 9.23. The molecule has 0 unspecified atom stereocenters. The Hall–Kier alpha value is -1.67. The van der Waals surface area contributed by atoms with E-state index in [9.17, 15) is 18.0 Å². The zero-order valence-electron chi connectivity index (χ0n) is 13.3. The van der Waals surface area contributed by atoms with Gasteiger partial charge in [0.15, 0.2) is 0 Å². The predicted molar refractivity (Wildman–Crippen MR) is 83.4 cm³/mol. The van der Waals surface area contributed by atoms with Crippen LogP contribution in [0, 0.1) is 5.92 Å². The molecule has 7 nitrogen and oxygen atoms in total. The molecule has 1 saturated carbocycles. The van der Waals surface area contributed by atoms with Crippen LogP contribution in [0.25, 0.3) is 0 Å². The van der Waals surface area contributed by atoms with Crippen molar-refractivity contribution in [2.24, 2.45) is 13.0 Å². The van der Waals surface area contributed by atoms with E-state index in [-0.39, 0.29) is 41.5 Å². The molecule has 1 N–H and O–H groups in total. The molecule has 0 aromatic carbocycles. The van der Waals surface area contributed by atoms with Gasteiger partial charge in [-0.05, 0) is 18.9 Å². The molecule has 2 fully saturated rings. The van der Waals surface area contributed by atoms with Crippen LogP contribution in [0.2, 0.25) is 0 Å². The molecule has 2 aliphatic rings. The third-order valence-electron chi connectivity index (χ3n) is 4.89. The first-order chi connectivity index (χ1) is 10.9. The third-order valence-corrected chi connectivity index (χ3v) is 6.78. The van der Waals surface area contributed by atoms with Crippen LogP contribution in [-0.4, -0.2) is 48.6 Å². The molecule has 1 aliphatic carbocycles. The molecular weight excluding hydrogens is 318 g/mol. The van der Waals surface area contributed by atoms with Gasteiger partial charge in [-0.25, -0.2) is 8.42 Å². The highest BCUT2D eigenvalue weighted by Gasteiger charge is 2.45. The Kier molecular flexibility index (Phi) is 4.05. The second-order valence-corrected chi connectivity index (χ2v) is 8.08. The van der Waals surface area contributed by atoms with Gasteiger partial charge in [0.1, 0.15) is 16.4 Å². The Balaban J connectivity index is 1.96. The normalized spacial score (nSPS) is 25.4. The molecule has 3 rings (SSSR count). The van der Waals surface area contributed by atoms with Crippen molar-refractivity contribution in [3.05, 3.63) is 18.0 Å². The molecule has 8 heteroatoms. The summed E-state index contributed by atoms with van der Waals surface area (Å²) in [7, 11) is -0.559. The summed E-state index contributed by atoms with van der Waals surface area (Å²) in [5.74, 6) is -0.319. The molecule has 0 radical (unpaired) electrons. The zero-order chi connectivity index (χ0) is 16.8. The van der Waals surface area contributed by atoms with E-state index in [0.717, 1.165) is 19.3 Å². The molecule has 0 bridgehead atoms. The fraction of sp³-hybridized carbons (Fsp3) is 0.600. The number of nitrogens with one attached hydrogen (secondary N) is 1. The fourth-order valence-corrected chi connectivity index (χ4v) is 5.46. The third kappa shape index (κ3) is 2.59. The minimum atomic E-state index is -3.70. The number of piperidine rings is 1. The van der Waals surface area contributed by atoms with E-state index >= 15 is 0 Å². The van der Waals surface area contributed by atoms with E-state index in [1.165, 1.54) is 28.2 Å². The van der Waals surface area contributed by atoms with Crippen LogP contribution in [0.1, 0.15) is 36.2 Å². The highest BCUT2D eigenvalue weighted by atomic mass is 32.2. The number of nitrogens with zero attached hydrogens (tertiary/aromatic N) is 2. The monoisotopic (exact) mass is 339 g/mol. The van der Waals surface area contributed by atoms with Gasteiger partial charge in [0.05, 0.1) is 0 Å². The number of ketones is 1. The molecule has 126 valence electrons. The SMILES string of the molecule is CNC(=O)c1cc(S(=O)(=O)N2CCC(=O)[C@@H]3CCC[C@@H]32)cn1C. The topological polar surface area (TPSA) is 88.5 Å². The lowest BCUT2D eigenvalue weighted by Gasteiger charge is -2.35.